The van der Waals surface area contributed by atoms with E-state index in [1.807, 2.05) is 0 Å². The summed E-state index contributed by atoms with van der Waals surface area (Å²) in [6.07, 6.45) is 1.78. The first-order valence-electron chi connectivity index (χ1n) is 3.42. The minimum Gasteiger partial charge on any atom is -0.396 e. The maximum absolute atomic E-state index is 10.3. The molecule has 1 rings (SSSR count). The van der Waals surface area contributed by atoms with Gasteiger partial charge in [-0.25, -0.2) is 4.57 Å². The van der Waals surface area contributed by atoms with Gasteiger partial charge in [0.15, 0.2) is 0 Å². The summed E-state index contributed by atoms with van der Waals surface area (Å²) in [4.78, 5) is 13.3. The predicted molar refractivity (Wildman–Crippen MR) is 40.7 cm³/mol. The molecule has 1 heterocycles. The summed E-state index contributed by atoms with van der Waals surface area (Å²) in [6, 6.07) is 0. The molecule has 0 amide bonds. The van der Waals surface area contributed by atoms with Crippen LogP contribution in [0.1, 0.15) is 5.69 Å². The van der Waals surface area contributed by atoms with Gasteiger partial charge in [-0.2, -0.15) is 0 Å². The lowest BCUT2D eigenvalue weighted by atomic mass is 10.3. The molecule has 6 nitrogen and oxygen atoms in total. The summed E-state index contributed by atoms with van der Waals surface area (Å²) >= 11 is 0. The van der Waals surface area contributed by atoms with Crippen molar-refractivity contribution in [3.05, 3.63) is 22.0 Å². The molecule has 66 valence electrons. The Morgan fingerprint density at radius 3 is 2.92 bits per heavy atom. The first kappa shape index (κ1) is 8.66. The lowest BCUT2D eigenvalue weighted by Crippen LogP contribution is -2.03. The molecule has 0 fully saturated rings. The third kappa shape index (κ3) is 1.42. The second kappa shape index (κ2) is 3.31. The van der Waals surface area contributed by atoms with Crippen LogP contribution in [0.4, 0.5) is 5.95 Å². The monoisotopic (exact) mass is 171 g/mol. The van der Waals surface area contributed by atoms with Crippen molar-refractivity contribution < 1.29 is 10.0 Å². The average Bonchev–Trinajstić information content (AvgIpc) is 2.34. The van der Waals surface area contributed by atoms with Gasteiger partial charge in [0.05, 0.1) is 13.7 Å². The molecule has 0 aliphatic carbocycles. The minimum atomic E-state index is -0.555. The van der Waals surface area contributed by atoms with E-state index >= 15 is 0 Å². The Morgan fingerprint density at radius 1 is 1.83 bits per heavy atom. The van der Waals surface area contributed by atoms with E-state index in [9.17, 15) is 10.1 Å². The van der Waals surface area contributed by atoms with E-state index in [4.69, 9.17) is 5.11 Å². The number of nitro groups is 1. The standard InChI is InChI=1S/C6H9N3O3/c1-8-5(2-3-10)4-7-6(8)9(11)12/h4,10H,2-3H2,1H3. The number of aromatic nitrogens is 2. The lowest BCUT2D eigenvalue weighted by Gasteiger charge is -1.96. The maximum Gasteiger partial charge on any atom is 0.434 e. The second-order valence-electron chi connectivity index (χ2n) is 2.34. The van der Waals surface area contributed by atoms with Gasteiger partial charge in [-0.15, -0.1) is 0 Å². The van der Waals surface area contributed by atoms with Gasteiger partial charge in [0.2, 0.25) is 0 Å². The zero-order chi connectivity index (χ0) is 9.14. The largest absolute Gasteiger partial charge is 0.434 e. The van der Waals surface area contributed by atoms with Crippen LogP contribution in [0.5, 0.6) is 0 Å². The molecule has 6 heteroatoms. The van der Waals surface area contributed by atoms with Gasteiger partial charge in [0.25, 0.3) is 0 Å². The molecule has 0 aliphatic rings. The van der Waals surface area contributed by atoms with Crippen molar-refractivity contribution in [3.63, 3.8) is 0 Å². The van der Waals surface area contributed by atoms with E-state index in [0.29, 0.717) is 12.1 Å². The van der Waals surface area contributed by atoms with E-state index in [1.165, 1.54) is 10.8 Å². The van der Waals surface area contributed by atoms with Gasteiger partial charge in [0.1, 0.15) is 11.9 Å². The highest BCUT2D eigenvalue weighted by molar-refractivity contribution is 5.14. The molecule has 1 N–H and O–H groups in total. The summed E-state index contributed by atoms with van der Waals surface area (Å²) in [5.74, 6) is -0.196. The average molecular weight is 171 g/mol. The van der Waals surface area contributed by atoms with Crippen LogP contribution in [0.3, 0.4) is 0 Å². The topological polar surface area (TPSA) is 81.2 Å². The first-order valence-corrected chi connectivity index (χ1v) is 3.42. The highest BCUT2D eigenvalue weighted by atomic mass is 16.6. The van der Waals surface area contributed by atoms with Gasteiger partial charge in [-0.3, -0.25) is 0 Å². The van der Waals surface area contributed by atoms with E-state index in [-0.39, 0.29) is 12.6 Å². The number of rotatable bonds is 3. The lowest BCUT2D eigenvalue weighted by molar-refractivity contribution is -0.396. The van der Waals surface area contributed by atoms with Crippen LogP contribution in [-0.4, -0.2) is 26.2 Å². The van der Waals surface area contributed by atoms with E-state index in [0.717, 1.165) is 0 Å². The zero-order valence-electron chi connectivity index (χ0n) is 6.60. The molecule has 0 aliphatic heterocycles. The van der Waals surface area contributed by atoms with Crippen molar-refractivity contribution in [3.8, 4) is 0 Å². The number of aliphatic hydroxyl groups excluding tert-OH is 1. The summed E-state index contributed by atoms with van der Waals surface area (Å²) in [5, 5.41) is 18.9. The van der Waals surface area contributed by atoms with Crippen LogP contribution >= 0.6 is 0 Å². The Kier molecular flexibility index (Phi) is 2.39. The molecule has 0 aromatic carbocycles. The molecule has 0 unspecified atom stereocenters. The fourth-order valence-corrected chi connectivity index (χ4v) is 0.950. The first-order chi connectivity index (χ1) is 5.66. The number of nitrogens with zero attached hydrogens (tertiary/aromatic N) is 3. The van der Waals surface area contributed by atoms with E-state index in [1.54, 1.807) is 7.05 Å². The number of imidazole rings is 1. The Labute approximate surface area is 68.6 Å². The van der Waals surface area contributed by atoms with Crippen LogP contribution in [0.15, 0.2) is 6.20 Å². The van der Waals surface area contributed by atoms with Gasteiger partial charge in [-0.1, -0.05) is 4.98 Å². The zero-order valence-corrected chi connectivity index (χ0v) is 6.60. The highest BCUT2D eigenvalue weighted by Gasteiger charge is 2.15. The smallest absolute Gasteiger partial charge is 0.396 e. The molecule has 0 radical (unpaired) electrons. The van der Waals surface area contributed by atoms with Crippen LogP contribution in [0.25, 0.3) is 0 Å². The molecular weight excluding hydrogens is 162 g/mol. The number of aliphatic hydroxyl groups is 1. The van der Waals surface area contributed by atoms with Crippen molar-refractivity contribution in [2.24, 2.45) is 7.05 Å². The van der Waals surface area contributed by atoms with Gasteiger partial charge < -0.3 is 15.2 Å². The molecule has 1 aromatic rings. The molecular formula is C6H9N3O3. The van der Waals surface area contributed by atoms with Gasteiger partial charge in [0, 0.05) is 6.42 Å². The Hall–Kier alpha value is -1.43. The van der Waals surface area contributed by atoms with Crippen molar-refractivity contribution in [2.45, 2.75) is 6.42 Å². The summed E-state index contributed by atoms with van der Waals surface area (Å²) in [5.41, 5.74) is 0.657. The summed E-state index contributed by atoms with van der Waals surface area (Å²) in [7, 11) is 1.55. The van der Waals surface area contributed by atoms with Gasteiger partial charge >= 0.3 is 5.95 Å². The van der Waals surface area contributed by atoms with E-state index < -0.39 is 4.92 Å². The second-order valence-corrected chi connectivity index (χ2v) is 2.34. The molecule has 0 spiro atoms. The molecule has 1 aromatic heterocycles. The van der Waals surface area contributed by atoms with Crippen LogP contribution in [0.2, 0.25) is 0 Å². The molecule has 0 saturated carbocycles. The van der Waals surface area contributed by atoms with Crippen molar-refractivity contribution in [2.75, 3.05) is 6.61 Å². The van der Waals surface area contributed by atoms with Crippen molar-refractivity contribution in [1.29, 1.82) is 0 Å². The predicted octanol–water partition coefficient (Wildman–Crippen LogP) is -0.137. The van der Waals surface area contributed by atoms with E-state index in [2.05, 4.69) is 4.98 Å². The third-order valence-corrected chi connectivity index (χ3v) is 1.59. The Bertz CT molecular complexity index is 294. The summed E-state index contributed by atoms with van der Waals surface area (Å²) in [6.45, 7) is -0.0311. The Balaban J connectivity index is 2.96. The fourth-order valence-electron chi connectivity index (χ4n) is 0.950. The number of hydrogen-bond donors (Lipinski definition) is 1. The quantitative estimate of drug-likeness (QED) is 0.507. The van der Waals surface area contributed by atoms with Crippen LogP contribution < -0.4 is 0 Å². The van der Waals surface area contributed by atoms with Gasteiger partial charge in [-0.05, 0) is 4.92 Å². The SMILES string of the molecule is Cn1c(CCO)cnc1[N+](=O)[O-]. The van der Waals surface area contributed by atoms with Crippen molar-refractivity contribution >= 4 is 5.95 Å². The molecule has 0 saturated heterocycles. The molecule has 0 atom stereocenters. The Morgan fingerprint density at radius 2 is 2.50 bits per heavy atom. The normalized spacial score (nSPS) is 10.2. The highest BCUT2D eigenvalue weighted by Crippen LogP contribution is 2.10. The summed E-state index contributed by atoms with van der Waals surface area (Å²) < 4.78 is 1.36. The minimum absolute atomic E-state index is 0.0311. The molecule has 12 heavy (non-hydrogen) atoms. The van der Waals surface area contributed by atoms with Crippen LogP contribution in [-0.2, 0) is 13.5 Å². The van der Waals surface area contributed by atoms with Crippen molar-refractivity contribution in [1.82, 2.24) is 9.55 Å². The molecule has 0 bridgehead atoms. The van der Waals surface area contributed by atoms with Crippen LogP contribution in [0, 0.1) is 10.1 Å². The third-order valence-electron chi connectivity index (χ3n) is 1.59. The fraction of sp³-hybridized carbons (Fsp3) is 0.500. The maximum atomic E-state index is 10.3. The number of hydrogen-bond acceptors (Lipinski definition) is 4.